The predicted octanol–water partition coefficient (Wildman–Crippen LogP) is 3.22. The molecule has 0 aliphatic heterocycles. The number of hydrogen-bond donors (Lipinski definition) is 2. The predicted molar refractivity (Wildman–Crippen MR) is 98.0 cm³/mol. The highest BCUT2D eigenvalue weighted by Gasteiger charge is 2.07. The van der Waals surface area contributed by atoms with E-state index < -0.39 is 0 Å². The van der Waals surface area contributed by atoms with Gasteiger partial charge < -0.3 is 10.1 Å². The fraction of sp³-hybridized carbons (Fsp3) is 0.167. The molecular formula is C18H18ClN3O3. The number of rotatable bonds is 7. The minimum absolute atomic E-state index is 0.0296. The Balaban J connectivity index is 1.73. The van der Waals surface area contributed by atoms with Crippen LogP contribution in [0.2, 0.25) is 5.02 Å². The van der Waals surface area contributed by atoms with Crippen molar-refractivity contribution in [2.24, 2.45) is 5.10 Å². The van der Waals surface area contributed by atoms with Gasteiger partial charge >= 0.3 is 0 Å². The minimum atomic E-state index is -0.354. The molecule has 0 fully saturated rings. The average Bonchev–Trinajstić information content (AvgIpc) is 2.62. The molecule has 7 heteroatoms. The van der Waals surface area contributed by atoms with E-state index in [9.17, 15) is 9.59 Å². The van der Waals surface area contributed by atoms with Gasteiger partial charge in [0, 0.05) is 29.1 Å². The van der Waals surface area contributed by atoms with Gasteiger partial charge in [0.2, 0.25) is 11.8 Å². The molecule has 0 radical (unpaired) electrons. The SMILES string of the molecule is COc1ccc(NC(=O)CCC(=O)N/N=C/c2ccccc2Cl)cc1. The van der Waals surface area contributed by atoms with E-state index in [1.807, 2.05) is 6.07 Å². The van der Waals surface area contributed by atoms with Gasteiger partial charge in [0.1, 0.15) is 5.75 Å². The van der Waals surface area contributed by atoms with Gasteiger partial charge in [0.05, 0.1) is 13.3 Å². The molecule has 0 bridgehead atoms. The van der Waals surface area contributed by atoms with Crippen molar-refractivity contribution < 1.29 is 14.3 Å². The van der Waals surface area contributed by atoms with E-state index in [1.165, 1.54) is 6.21 Å². The third-order valence-corrected chi connectivity index (χ3v) is 3.60. The lowest BCUT2D eigenvalue weighted by Gasteiger charge is -2.06. The molecule has 0 spiro atoms. The van der Waals surface area contributed by atoms with Crippen molar-refractivity contribution in [2.45, 2.75) is 12.8 Å². The Hall–Kier alpha value is -2.86. The summed E-state index contributed by atoms with van der Waals surface area (Å²) in [4.78, 5) is 23.5. The molecular weight excluding hydrogens is 342 g/mol. The summed E-state index contributed by atoms with van der Waals surface area (Å²) in [5, 5.41) is 7.08. The number of methoxy groups -OCH3 is 1. The monoisotopic (exact) mass is 359 g/mol. The maximum absolute atomic E-state index is 11.8. The van der Waals surface area contributed by atoms with Crippen LogP contribution in [-0.2, 0) is 9.59 Å². The Morgan fingerprint density at radius 1 is 1.08 bits per heavy atom. The molecule has 0 atom stereocenters. The zero-order valence-corrected chi connectivity index (χ0v) is 14.4. The van der Waals surface area contributed by atoms with Gasteiger partial charge in [-0.15, -0.1) is 0 Å². The standard InChI is InChI=1S/C18H18ClN3O3/c1-25-15-8-6-14(7-9-15)21-17(23)10-11-18(24)22-20-12-13-4-2-3-5-16(13)19/h2-9,12H,10-11H2,1H3,(H,21,23)(H,22,24)/b20-12+. The first-order valence-corrected chi connectivity index (χ1v) is 7.96. The van der Waals surface area contributed by atoms with Crippen LogP contribution < -0.4 is 15.5 Å². The molecule has 0 saturated carbocycles. The number of benzene rings is 2. The van der Waals surface area contributed by atoms with Crippen molar-refractivity contribution in [3.63, 3.8) is 0 Å². The first kappa shape index (κ1) is 18.5. The van der Waals surface area contributed by atoms with Gasteiger partial charge in [-0.2, -0.15) is 5.10 Å². The van der Waals surface area contributed by atoms with Gasteiger partial charge in [-0.25, -0.2) is 5.43 Å². The summed E-state index contributed by atoms with van der Waals surface area (Å²) in [6.45, 7) is 0. The van der Waals surface area contributed by atoms with E-state index in [-0.39, 0.29) is 24.7 Å². The molecule has 0 aliphatic rings. The van der Waals surface area contributed by atoms with Crippen molar-refractivity contribution in [1.82, 2.24) is 5.43 Å². The van der Waals surface area contributed by atoms with Gasteiger partial charge in [0.25, 0.3) is 0 Å². The molecule has 0 aromatic heterocycles. The molecule has 2 rings (SSSR count). The fourth-order valence-corrected chi connectivity index (χ4v) is 2.12. The van der Waals surface area contributed by atoms with Crippen LogP contribution in [0.3, 0.4) is 0 Å². The average molecular weight is 360 g/mol. The second-order valence-electron chi connectivity index (χ2n) is 5.09. The van der Waals surface area contributed by atoms with Crippen LogP contribution >= 0.6 is 11.6 Å². The molecule has 0 unspecified atom stereocenters. The van der Waals surface area contributed by atoms with Crippen LogP contribution in [0.4, 0.5) is 5.69 Å². The van der Waals surface area contributed by atoms with E-state index in [0.29, 0.717) is 22.0 Å². The van der Waals surface area contributed by atoms with E-state index >= 15 is 0 Å². The molecule has 2 aromatic rings. The molecule has 6 nitrogen and oxygen atoms in total. The van der Waals surface area contributed by atoms with E-state index in [4.69, 9.17) is 16.3 Å². The van der Waals surface area contributed by atoms with Crippen LogP contribution in [0.15, 0.2) is 53.6 Å². The summed E-state index contributed by atoms with van der Waals surface area (Å²) in [5.74, 6) is 0.0948. The van der Waals surface area contributed by atoms with Crippen LogP contribution in [0.5, 0.6) is 5.75 Å². The van der Waals surface area contributed by atoms with Gasteiger partial charge in [-0.3, -0.25) is 9.59 Å². The van der Waals surface area contributed by atoms with Gasteiger partial charge in [0.15, 0.2) is 0 Å². The number of amides is 2. The smallest absolute Gasteiger partial charge is 0.240 e. The zero-order chi connectivity index (χ0) is 18.1. The van der Waals surface area contributed by atoms with Crippen LogP contribution in [0.1, 0.15) is 18.4 Å². The molecule has 2 amide bonds. The number of hydrogen-bond acceptors (Lipinski definition) is 4. The quantitative estimate of drug-likeness (QED) is 0.588. The maximum atomic E-state index is 11.8. The van der Waals surface area contributed by atoms with Crippen molar-refractivity contribution >= 4 is 35.3 Å². The Labute approximate surface area is 150 Å². The molecule has 0 heterocycles. The lowest BCUT2D eigenvalue weighted by molar-refractivity contribution is -0.124. The topological polar surface area (TPSA) is 79.8 Å². The van der Waals surface area contributed by atoms with E-state index in [0.717, 1.165) is 0 Å². The van der Waals surface area contributed by atoms with Crippen molar-refractivity contribution in [3.8, 4) is 5.75 Å². The Bertz CT molecular complexity index is 760. The molecule has 2 aromatic carbocycles. The summed E-state index contributed by atoms with van der Waals surface area (Å²) < 4.78 is 5.04. The Morgan fingerprint density at radius 2 is 1.76 bits per heavy atom. The Kier molecular flexibility index (Phi) is 6.98. The number of hydrazone groups is 1. The number of nitrogens with zero attached hydrogens (tertiary/aromatic N) is 1. The van der Waals surface area contributed by atoms with Crippen LogP contribution in [-0.4, -0.2) is 25.1 Å². The number of carbonyl (C=O) groups is 2. The van der Waals surface area contributed by atoms with Crippen LogP contribution in [0.25, 0.3) is 0 Å². The number of nitrogens with one attached hydrogen (secondary N) is 2. The minimum Gasteiger partial charge on any atom is -0.497 e. The summed E-state index contributed by atoms with van der Waals surface area (Å²) in [6, 6.07) is 14.1. The lowest BCUT2D eigenvalue weighted by Crippen LogP contribution is -2.20. The fourth-order valence-electron chi connectivity index (χ4n) is 1.93. The van der Waals surface area contributed by atoms with E-state index in [1.54, 1.807) is 49.6 Å². The van der Waals surface area contributed by atoms with Crippen molar-refractivity contribution in [2.75, 3.05) is 12.4 Å². The summed E-state index contributed by atoms with van der Waals surface area (Å²) in [7, 11) is 1.57. The van der Waals surface area contributed by atoms with Crippen LogP contribution in [0, 0.1) is 0 Å². The number of anilines is 1. The number of halogens is 1. The van der Waals surface area contributed by atoms with Gasteiger partial charge in [-0.05, 0) is 30.3 Å². The number of ether oxygens (including phenoxy) is 1. The maximum Gasteiger partial charge on any atom is 0.240 e. The Morgan fingerprint density at radius 3 is 2.44 bits per heavy atom. The highest BCUT2D eigenvalue weighted by atomic mass is 35.5. The highest BCUT2D eigenvalue weighted by molar-refractivity contribution is 6.33. The first-order chi connectivity index (χ1) is 12.1. The summed E-state index contributed by atoms with van der Waals surface area (Å²) in [6.07, 6.45) is 1.54. The van der Waals surface area contributed by atoms with E-state index in [2.05, 4.69) is 15.8 Å². The zero-order valence-electron chi connectivity index (χ0n) is 13.7. The van der Waals surface area contributed by atoms with Crippen molar-refractivity contribution in [1.29, 1.82) is 0 Å². The molecule has 25 heavy (non-hydrogen) atoms. The summed E-state index contributed by atoms with van der Waals surface area (Å²) >= 11 is 5.97. The molecule has 130 valence electrons. The third kappa shape index (κ3) is 6.27. The third-order valence-electron chi connectivity index (χ3n) is 3.25. The molecule has 2 N–H and O–H groups in total. The molecule has 0 saturated heterocycles. The lowest BCUT2D eigenvalue weighted by atomic mass is 10.2. The molecule has 0 aliphatic carbocycles. The highest BCUT2D eigenvalue weighted by Crippen LogP contribution is 2.15. The number of carbonyl (C=O) groups excluding carboxylic acids is 2. The summed E-state index contributed by atoms with van der Waals surface area (Å²) in [5.41, 5.74) is 3.71. The first-order valence-electron chi connectivity index (χ1n) is 7.59. The van der Waals surface area contributed by atoms with Crippen molar-refractivity contribution in [3.05, 3.63) is 59.1 Å². The second-order valence-corrected chi connectivity index (χ2v) is 5.50. The second kappa shape index (κ2) is 9.44. The van der Waals surface area contributed by atoms with Gasteiger partial charge in [-0.1, -0.05) is 29.8 Å². The largest absolute Gasteiger partial charge is 0.497 e. The normalized spacial score (nSPS) is 10.5.